The van der Waals surface area contributed by atoms with Crippen molar-refractivity contribution in [1.82, 2.24) is 4.98 Å². The van der Waals surface area contributed by atoms with Gasteiger partial charge in [0.1, 0.15) is 0 Å². The number of anilines is 1. The van der Waals surface area contributed by atoms with Crippen LogP contribution in [0.3, 0.4) is 0 Å². The number of carbonyl (C=O) groups excluding carboxylic acids is 1. The van der Waals surface area contributed by atoms with Gasteiger partial charge in [-0.2, -0.15) is 0 Å². The van der Waals surface area contributed by atoms with Crippen LogP contribution in [0.25, 0.3) is 0 Å². The van der Waals surface area contributed by atoms with E-state index < -0.39 is 0 Å². The first kappa shape index (κ1) is 15.9. The van der Waals surface area contributed by atoms with Gasteiger partial charge in [-0.3, -0.25) is 9.78 Å². The van der Waals surface area contributed by atoms with E-state index in [0.29, 0.717) is 16.3 Å². The van der Waals surface area contributed by atoms with Gasteiger partial charge in [-0.05, 0) is 57.0 Å². The number of rotatable bonds is 2. The maximum absolute atomic E-state index is 12.2. The van der Waals surface area contributed by atoms with E-state index >= 15 is 0 Å². The van der Waals surface area contributed by atoms with Crippen LogP contribution in [0.4, 0.5) is 5.69 Å². The zero-order chi connectivity index (χ0) is 14.9. The Morgan fingerprint density at radius 1 is 1.20 bits per heavy atom. The van der Waals surface area contributed by atoms with Crippen molar-refractivity contribution >= 4 is 71.0 Å². The first-order valence-corrected chi connectivity index (χ1v) is 8.22. The Balaban J connectivity index is 2.33. The molecule has 0 spiro atoms. The molecule has 0 atom stereocenters. The van der Waals surface area contributed by atoms with E-state index in [-0.39, 0.29) is 5.91 Å². The zero-order valence-electron chi connectivity index (χ0n) is 10.2. The maximum atomic E-state index is 12.2. The lowest BCUT2D eigenvalue weighted by Gasteiger charge is -2.11. The molecule has 7 heteroatoms. The molecule has 0 aliphatic carbocycles. The average Bonchev–Trinajstić information content (AvgIpc) is 2.33. The van der Waals surface area contributed by atoms with E-state index in [9.17, 15) is 4.79 Å². The summed E-state index contributed by atoms with van der Waals surface area (Å²) in [6.07, 6.45) is 1.47. The van der Waals surface area contributed by atoms with Gasteiger partial charge in [-0.1, -0.05) is 27.5 Å². The van der Waals surface area contributed by atoms with Gasteiger partial charge in [0, 0.05) is 25.3 Å². The summed E-state index contributed by atoms with van der Waals surface area (Å²) in [5.74, 6) is -0.314. The molecule has 0 aliphatic heterocycles. The number of aromatic nitrogens is 1. The quantitative estimate of drug-likeness (QED) is 0.606. The van der Waals surface area contributed by atoms with Crippen molar-refractivity contribution in [1.29, 1.82) is 0 Å². The summed E-state index contributed by atoms with van der Waals surface area (Å²) in [5.41, 5.74) is 1.73. The van der Waals surface area contributed by atoms with Gasteiger partial charge in [-0.25, -0.2) is 0 Å². The second-order valence-electron chi connectivity index (χ2n) is 4.00. The van der Waals surface area contributed by atoms with Crippen molar-refractivity contribution < 1.29 is 4.79 Å². The molecule has 20 heavy (non-hydrogen) atoms. The maximum Gasteiger partial charge on any atom is 0.258 e. The van der Waals surface area contributed by atoms with Gasteiger partial charge < -0.3 is 5.32 Å². The molecule has 0 radical (unpaired) electrons. The van der Waals surface area contributed by atoms with E-state index in [0.717, 1.165) is 19.1 Å². The van der Waals surface area contributed by atoms with E-state index in [1.807, 2.05) is 19.1 Å². The molecule has 0 bridgehead atoms. The van der Waals surface area contributed by atoms with Crippen molar-refractivity contribution in [2.24, 2.45) is 0 Å². The molecule has 1 N–H and O–H groups in total. The summed E-state index contributed by atoms with van der Waals surface area (Å²) in [6.45, 7) is 1.81. The third-order valence-corrected chi connectivity index (χ3v) is 4.50. The molecule has 3 nitrogen and oxygen atoms in total. The molecule has 0 saturated carbocycles. The van der Waals surface area contributed by atoms with Crippen LogP contribution in [0.15, 0.2) is 37.8 Å². The van der Waals surface area contributed by atoms with Crippen molar-refractivity contribution in [3.63, 3.8) is 0 Å². The fraction of sp³-hybridized carbons (Fsp3) is 0.0769. The highest BCUT2D eigenvalue weighted by atomic mass is 79.9. The van der Waals surface area contributed by atoms with Crippen molar-refractivity contribution in [2.75, 3.05) is 5.32 Å². The minimum atomic E-state index is -0.314. The molecule has 1 aromatic heterocycles. The first-order valence-electron chi connectivity index (χ1n) is 5.46. The Bertz CT molecular complexity index is 668. The molecule has 0 unspecified atom stereocenters. The number of nitrogens with zero attached hydrogens (tertiary/aromatic N) is 1. The predicted octanol–water partition coefficient (Wildman–Crippen LogP) is 5.58. The van der Waals surface area contributed by atoms with Crippen molar-refractivity contribution in [3.05, 3.63) is 54.1 Å². The highest BCUT2D eigenvalue weighted by Crippen LogP contribution is 2.34. The number of amides is 1. The number of nitrogens with one attached hydrogen (secondary N) is 1. The number of hydrogen-bond acceptors (Lipinski definition) is 2. The van der Waals surface area contributed by atoms with Crippen LogP contribution in [0.1, 0.15) is 16.1 Å². The highest BCUT2D eigenvalue weighted by molar-refractivity contribution is 9.11. The Labute approximate surface area is 146 Å². The van der Waals surface area contributed by atoms with Gasteiger partial charge in [-0.15, -0.1) is 0 Å². The molecule has 2 aromatic rings. The van der Waals surface area contributed by atoms with Gasteiger partial charge in [0.05, 0.1) is 16.3 Å². The summed E-state index contributed by atoms with van der Waals surface area (Å²) in [5, 5.41) is 3.18. The fourth-order valence-electron chi connectivity index (χ4n) is 1.54. The van der Waals surface area contributed by atoms with Crippen molar-refractivity contribution in [2.45, 2.75) is 6.92 Å². The number of benzene rings is 1. The first-order chi connectivity index (χ1) is 9.38. The molecule has 104 valence electrons. The highest BCUT2D eigenvalue weighted by Gasteiger charge is 2.15. The number of pyridine rings is 1. The molecule has 0 saturated heterocycles. The normalized spacial score (nSPS) is 10.4. The minimum absolute atomic E-state index is 0.314. The van der Waals surface area contributed by atoms with Crippen LogP contribution in [-0.4, -0.2) is 10.9 Å². The smallest absolute Gasteiger partial charge is 0.258 e. The summed E-state index contributed by atoms with van der Waals surface area (Å²) >= 11 is 16.2. The van der Waals surface area contributed by atoms with Crippen LogP contribution >= 0.6 is 59.4 Å². The second-order valence-corrected chi connectivity index (χ2v) is 7.04. The topological polar surface area (TPSA) is 42.0 Å². The Kier molecular flexibility index (Phi) is 5.23. The van der Waals surface area contributed by atoms with Crippen LogP contribution in [0.5, 0.6) is 0 Å². The molecular formula is C13H8Br3ClN2O. The minimum Gasteiger partial charge on any atom is -0.320 e. The molecule has 0 fully saturated rings. The van der Waals surface area contributed by atoms with Crippen LogP contribution in [0, 0.1) is 6.92 Å². The third kappa shape index (κ3) is 3.61. The van der Waals surface area contributed by atoms with Gasteiger partial charge >= 0.3 is 0 Å². The Hall–Kier alpha value is -0.430. The van der Waals surface area contributed by atoms with Crippen molar-refractivity contribution in [3.8, 4) is 0 Å². The molecule has 0 aliphatic rings. The van der Waals surface area contributed by atoms with Gasteiger partial charge in [0.15, 0.2) is 0 Å². The summed E-state index contributed by atoms with van der Waals surface area (Å²) in [7, 11) is 0. The molecule has 1 amide bonds. The molecular weight excluding hydrogens is 475 g/mol. The van der Waals surface area contributed by atoms with Gasteiger partial charge in [0.2, 0.25) is 0 Å². The van der Waals surface area contributed by atoms with E-state index in [4.69, 9.17) is 11.6 Å². The lowest BCUT2D eigenvalue weighted by atomic mass is 10.2. The van der Waals surface area contributed by atoms with E-state index in [1.54, 1.807) is 6.07 Å². The molecule has 1 heterocycles. The second kappa shape index (κ2) is 6.56. The summed E-state index contributed by atoms with van der Waals surface area (Å²) < 4.78 is 2.40. The number of hydrogen-bond donors (Lipinski definition) is 1. The SMILES string of the molecule is Cc1cc(Cl)c(C(=O)Nc2c(Br)cc(Br)cc2Br)cn1. The largest absolute Gasteiger partial charge is 0.320 e. The lowest BCUT2D eigenvalue weighted by Crippen LogP contribution is -2.14. The summed E-state index contributed by atoms with van der Waals surface area (Å²) in [6, 6.07) is 5.34. The van der Waals surface area contributed by atoms with Crippen LogP contribution < -0.4 is 5.32 Å². The molecule has 2 rings (SSSR count). The van der Waals surface area contributed by atoms with Gasteiger partial charge in [0.25, 0.3) is 5.91 Å². The van der Waals surface area contributed by atoms with E-state index in [1.165, 1.54) is 6.20 Å². The lowest BCUT2D eigenvalue weighted by molar-refractivity contribution is 0.102. The number of carbonyl (C=O) groups is 1. The van der Waals surface area contributed by atoms with Crippen LogP contribution in [-0.2, 0) is 0 Å². The average molecular weight is 483 g/mol. The summed E-state index contributed by atoms with van der Waals surface area (Å²) in [4.78, 5) is 16.3. The Morgan fingerprint density at radius 2 is 1.80 bits per heavy atom. The molecule has 1 aromatic carbocycles. The monoisotopic (exact) mass is 480 g/mol. The zero-order valence-corrected chi connectivity index (χ0v) is 15.7. The predicted molar refractivity (Wildman–Crippen MR) is 91.5 cm³/mol. The van der Waals surface area contributed by atoms with Crippen LogP contribution in [0.2, 0.25) is 5.02 Å². The standard InChI is InChI=1S/C13H8Br3ClN2O/c1-6-2-11(17)8(5-18-6)13(20)19-12-9(15)3-7(14)4-10(12)16/h2-5H,1H3,(H,19,20). The van der Waals surface area contributed by atoms with E-state index in [2.05, 4.69) is 58.1 Å². The Morgan fingerprint density at radius 3 is 2.35 bits per heavy atom. The number of halogens is 4. The fourth-order valence-corrected chi connectivity index (χ4v) is 4.29. The number of aryl methyl sites for hydroxylation is 1. The third-order valence-electron chi connectivity index (χ3n) is 2.48.